The molecule has 7 heteroatoms. The van der Waals surface area contributed by atoms with Gasteiger partial charge in [-0.2, -0.15) is 0 Å². The number of nitro benzene ring substituents is 1. The van der Waals surface area contributed by atoms with Crippen LogP contribution in [0, 0.1) is 10.1 Å². The minimum Gasteiger partial charge on any atom is -0.490 e. The molecular weight excluding hydrogens is 382 g/mol. The van der Waals surface area contributed by atoms with Crippen LogP contribution in [0.4, 0.5) is 5.69 Å². The first-order valence-corrected chi connectivity index (χ1v) is 9.27. The average Bonchev–Trinajstić information content (AvgIpc) is 3.11. The van der Waals surface area contributed by atoms with Crippen LogP contribution in [0.5, 0.6) is 5.75 Å². The maximum atomic E-state index is 13.0. The lowest BCUT2D eigenvalue weighted by Crippen LogP contribution is -2.39. The number of carbonyl (C=O) groups excluding carboxylic acids is 1. The number of nitrogens with zero attached hydrogens (tertiary/aromatic N) is 1. The standard InChI is InChI=1S/C23H19N3O4/c1-14(15-11-12-21(30-2)20(13-15)26(28)29)24-25-23(27)22-18-9-5-3-7-16(18)17-8-4-6-10-19(17)22/h3-13,22,24H,1H2,2H3,(H,25,27). The molecule has 0 aromatic heterocycles. The third-order valence-corrected chi connectivity index (χ3v) is 5.16. The number of carbonyl (C=O) groups is 1. The first kappa shape index (κ1) is 19.2. The third kappa shape index (κ3) is 3.26. The molecule has 0 bridgehead atoms. The van der Waals surface area contributed by atoms with Crippen molar-refractivity contribution < 1.29 is 14.5 Å². The zero-order chi connectivity index (χ0) is 21.3. The van der Waals surface area contributed by atoms with Crippen LogP contribution in [0.3, 0.4) is 0 Å². The summed E-state index contributed by atoms with van der Waals surface area (Å²) in [6, 6.07) is 20.1. The Balaban J connectivity index is 1.54. The monoisotopic (exact) mass is 401 g/mol. The first-order valence-electron chi connectivity index (χ1n) is 9.27. The van der Waals surface area contributed by atoms with E-state index in [0.29, 0.717) is 11.3 Å². The van der Waals surface area contributed by atoms with Crippen molar-refractivity contribution in [2.24, 2.45) is 0 Å². The molecule has 1 aliphatic rings. The molecular formula is C23H19N3O4. The van der Waals surface area contributed by atoms with Crippen LogP contribution in [0.25, 0.3) is 16.8 Å². The Morgan fingerprint density at radius 1 is 1.00 bits per heavy atom. The highest BCUT2D eigenvalue weighted by Crippen LogP contribution is 2.44. The quantitative estimate of drug-likeness (QED) is 0.481. The van der Waals surface area contributed by atoms with Crippen molar-refractivity contribution in [1.29, 1.82) is 0 Å². The molecule has 2 N–H and O–H groups in total. The molecule has 0 heterocycles. The van der Waals surface area contributed by atoms with E-state index < -0.39 is 10.8 Å². The van der Waals surface area contributed by atoms with Crippen LogP contribution in [-0.4, -0.2) is 17.9 Å². The second kappa shape index (κ2) is 7.71. The molecule has 0 fully saturated rings. The summed E-state index contributed by atoms with van der Waals surface area (Å²) in [6.07, 6.45) is 0. The second-order valence-corrected chi connectivity index (χ2v) is 6.84. The van der Waals surface area contributed by atoms with E-state index >= 15 is 0 Å². The van der Waals surface area contributed by atoms with Gasteiger partial charge < -0.3 is 4.74 Å². The highest BCUT2D eigenvalue weighted by molar-refractivity contribution is 5.96. The molecule has 0 radical (unpaired) electrons. The Morgan fingerprint density at radius 2 is 1.60 bits per heavy atom. The molecule has 0 spiro atoms. The number of benzene rings is 3. The normalized spacial score (nSPS) is 11.9. The van der Waals surface area contributed by atoms with Crippen molar-refractivity contribution in [3.05, 3.63) is 100 Å². The Hall–Kier alpha value is -4.13. The summed E-state index contributed by atoms with van der Waals surface area (Å²) in [5.41, 5.74) is 10.0. The summed E-state index contributed by atoms with van der Waals surface area (Å²) in [4.78, 5) is 23.7. The van der Waals surface area contributed by atoms with Crippen molar-refractivity contribution in [1.82, 2.24) is 10.9 Å². The van der Waals surface area contributed by atoms with Crippen molar-refractivity contribution in [3.63, 3.8) is 0 Å². The minimum atomic E-state index is -0.527. The van der Waals surface area contributed by atoms with E-state index in [0.717, 1.165) is 22.3 Å². The lowest BCUT2D eigenvalue weighted by Gasteiger charge is -2.16. The van der Waals surface area contributed by atoms with Gasteiger partial charge in [0.15, 0.2) is 5.75 Å². The molecule has 4 rings (SSSR count). The zero-order valence-corrected chi connectivity index (χ0v) is 16.2. The fraction of sp³-hybridized carbons (Fsp3) is 0.0870. The van der Waals surface area contributed by atoms with Crippen LogP contribution < -0.4 is 15.6 Å². The minimum absolute atomic E-state index is 0.153. The number of amides is 1. The van der Waals surface area contributed by atoms with Gasteiger partial charge in [-0.1, -0.05) is 55.1 Å². The van der Waals surface area contributed by atoms with Gasteiger partial charge in [0, 0.05) is 11.6 Å². The molecule has 1 aliphatic carbocycles. The van der Waals surface area contributed by atoms with E-state index in [1.54, 1.807) is 6.07 Å². The number of hydrazine groups is 1. The Labute approximate surface area is 173 Å². The van der Waals surface area contributed by atoms with Crippen LogP contribution in [0.15, 0.2) is 73.3 Å². The summed E-state index contributed by atoms with van der Waals surface area (Å²) in [5.74, 6) is -0.542. The zero-order valence-electron chi connectivity index (χ0n) is 16.2. The molecule has 0 saturated carbocycles. The van der Waals surface area contributed by atoms with E-state index in [2.05, 4.69) is 17.4 Å². The number of fused-ring (bicyclic) bond motifs is 3. The third-order valence-electron chi connectivity index (χ3n) is 5.16. The number of nitrogens with one attached hydrogen (secondary N) is 2. The predicted octanol–water partition coefficient (Wildman–Crippen LogP) is 4.01. The van der Waals surface area contributed by atoms with Gasteiger partial charge >= 0.3 is 5.69 Å². The number of nitro groups is 1. The van der Waals surface area contributed by atoms with E-state index in [1.165, 1.54) is 19.2 Å². The summed E-state index contributed by atoms with van der Waals surface area (Å²) in [7, 11) is 1.37. The van der Waals surface area contributed by atoms with E-state index in [-0.39, 0.29) is 17.3 Å². The molecule has 0 saturated heterocycles. The van der Waals surface area contributed by atoms with Gasteiger partial charge in [-0.25, -0.2) is 0 Å². The summed E-state index contributed by atoms with van der Waals surface area (Å²) in [6.45, 7) is 3.88. The maximum absolute atomic E-state index is 13.0. The molecule has 7 nitrogen and oxygen atoms in total. The fourth-order valence-corrected chi connectivity index (χ4v) is 3.74. The molecule has 0 unspecified atom stereocenters. The highest BCUT2D eigenvalue weighted by atomic mass is 16.6. The SMILES string of the molecule is C=C(NNC(=O)C1c2ccccc2-c2ccccc21)c1ccc(OC)c([N+](=O)[O-])c1. The van der Waals surface area contributed by atoms with Crippen molar-refractivity contribution in [2.45, 2.75) is 5.92 Å². The fourth-order valence-electron chi connectivity index (χ4n) is 3.74. The first-order chi connectivity index (χ1) is 14.5. The maximum Gasteiger partial charge on any atom is 0.311 e. The summed E-state index contributed by atoms with van der Waals surface area (Å²) < 4.78 is 5.01. The Bertz CT molecular complexity index is 1130. The molecule has 1 amide bonds. The van der Waals surface area contributed by atoms with Crippen LogP contribution in [-0.2, 0) is 4.79 Å². The van der Waals surface area contributed by atoms with Gasteiger partial charge in [-0.15, -0.1) is 0 Å². The summed E-state index contributed by atoms with van der Waals surface area (Å²) in [5, 5.41) is 11.2. The predicted molar refractivity (Wildman–Crippen MR) is 114 cm³/mol. The number of hydrogen-bond donors (Lipinski definition) is 2. The average molecular weight is 401 g/mol. The van der Waals surface area contributed by atoms with E-state index in [1.807, 2.05) is 48.5 Å². The summed E-state index contributed by atoms with van der Waals surface area (Å²) >= 11 is 0. The number of methoxy groups -OCH3 is 1. The number of hydrogen-bond acceptors (Lipinski definition) is 5. The Morgan fingerprint density at radius 3 is 2.17 bits per heavy atom. The van der Waals surface area contributed by atoms with Gasteiger partial charge in [0.05, 0.1) is 23.6 Å². The van der Waals surface area contributed by atoms with E-state index in [9.17, 15) is 14.9 Å². The molecule has 0 atom stereocenters. The number of ether oxygens (including phenoxy) is 1. The molecule has 30 heavy (non-hydrogen) atoms. The van der Waals surface area contributed by atoms with Crippen LogP contribution >= 0.6 is 0 Å². The van der Waals surface area contributed by atoms with Gasteiger partial charge in [-0.3, -0.25) is 25.8 Å². The molecule has 0 aliphatic heterocycles. The largest absolute Gasteiger partial charge is 0.490 e. The lowest BCUT2D eigenvalue weighted by atomic mass is 9.96. The lowest BCUT2D eigenvalue weighted by molar-refractivity contribution is -0.385. The second-order valence-electron chi connectivity index (χ2n) is 6.84. The van der Waals surface area contributed by atoms with Gasteiger partial charge in [-0.05, 0) is 34.4 Å². The smallest absolute Gasteiger partial charge is 0.311 e. The van der Waals surface area contributed by atoms with Gasteiger partial charge in [0.1, 0.15) is 0 Å². The van der Waals surface area contributed by atoms with Crippen LogP contribution in [0.1, 0.15) is 22.6 Å². The van der Waals surface area contributed by atoms with E-state index in [4.69, 9.17) is 4.74 Å². The molecule has 150 valence electrons. The topological polar surface area (TPSA) is 93.5 Å². The van der Waals surface area contributed by atoms with Crippen molar-refractivity contribution in [3.8, 4) is 16.9 Å². The van der Waals surface area contributed by atoms with Gasteiger partial charge in [0.2, 0.25) is 5.91 Å². The Kier molecular flexibility index (Phi) is 4.93. The van der Waals surface area contributed by atoms with Gasteiger partial charge in [0.25, 0.3) is 0 Å². The molecule has 3 aromatic rings. The van der Waals surface area contributed by atoms with Crippen molar-refractivity contribution in [2.75, 3.05) is 7.11 Å². The molecule has 3 aromatic carbocycles. The number of rotatable bonds is 6. The van der Waals surface area contributed by atoms with Crippen LogP contribution in [0.2, 0.25) is 0 Å². The van der Waals surface area contributed by atoms with Crippen molar-refractivity contribution >= 4 is 17.3 Å². The highest BCUT2D eigenvalue weighted by Gasteiger charge is 2.33.